The van der Waals surface area contributed by atoms with Gasteiger partial charge in [-0.2, -0.15) is 0 Å². The van der Waals surface area contributed by atoms with E-state index in [0.717, 1.165) is 6.54 Å². The zero-order chi connectivity index (χ0) is 17.1. The molecule has 3 aromatic carbocycles. The molecule has 1 heteroatoms. The van der Waals surface area contributed by atoms with Crippen LogP contribution in [0, 0.1) is 6.92 Å². The van der Waals surface area contributed by atoms with Crippen molar-refractivity contribution >= 4 is 0 Å². The molecule has 0 aliphatic rings. The monoisotopic (exact) mass is 323 g/mol. The van der Waals surface area contributed by atoms with Gasteiger partial charge in [-0.15, -0.1) is 0 Å². The number of rotatable bonds is 4. The molecular weight excluding hydrogens is 302 g/mol. The molecule has 25 heavy (non-hydrogen) atoms. The zero-order valence-corrected chi connectivity index (χ0v) is 14.4. The number of aromatic nitrogens is 1. The summed E-state index contributed by atoms with van der Waals surface area (Å²) in [7, 11) is 0. The van der Waals surface area contributed by atoms with Crippen molar-refractivity contribution in [1.29, 1.82) is 0 Å². The van der Waals surface area contributed by atoms with Gasteiger partial charge in [-0.25, -0.2) is 0 Å². The third-order valence-corrected chi connectivity index (χ3v) is 4.57. The van der Waals surface area contributed by atoms with Crippen molar-refractivity contribution in [2.24, 2.45) is 0 Å². The van der Waals surface area contributed by atoms with Crippen molar-refractivity contribution in [2.45, 2.75) is 13.5 Å². The summed E-state index contributed by atoms with van der Waals surface area (Å²) < 4.78 is 2.38. The van der Waals surface area contributed by atoms with E-state index in [1.54, 1.807) is 0 Å². The summed E-state index contributed by atoms with van der Waals surface area (Å²) in [5, 5.41) is 0. The Morgan fingerprint density at radius 3 is 1.76 bits per heavy atom. The smallest absolute Gasteiger partial charge is 0.0565 e. The molecule has 0 fully saturated rings. The molecule has 4 aromatic rings. The summed E-state index contributed by atoms with van der Waals surface area (Å²) in [5.74, 6) is 0. The summed E-state index contributed by atoms with van der Waals surface area (Å²) in [6, 6.07) is 32.0. The van der Waals surface area contributed by atoms with Crippen LogP contribution in [0.3, 0.4) is 0 Å². The molecule has 0 saturated carbocycles. The molecule has 4 rings (SSSR count). The van der Waals surface area contributed by atoms with Crippen LogP contribution in [-0.2, 0) is 6.54 Å². The van der Waals surface area contributed by atoms with Gasteiger partial charge in [-0.3, -0.25) is 0 Å². The lowest BCUT2D eigenvalue weighted by Crippen LogP contribution is -2.00. The van der Waals surface area contributed by atoms with E-state index in [1.807, 2.05) is 0 Å². The van der Waals surface area contributed by atoms with Gasteiger partial charge in [-0.05, 0) is 29.2 Å². The van der Waals surface area contributed by atoms with E-state index in [0.29, 0.717) is 0 Å². The van der Waals surface area contributed by atoms with Gasteiger partial charge in [0.05, 0.1) is 5.69 Å². The fraction of sp³-hybridized carbons (Fsp3) is 0.0833. The average molecular weight is 323 g/mol. The first-order valence-electron chi connectivity index (χ1n) is 8.67. The lowest BCUT2D eigenvalue weighted by molar-refractivity contribution is 0.812. The second-order valence-electron chi connectivity index (χ2n) is 6.38. The Morgan fingerprint density at radius 2 is 1.16 bits per heavy atom. The maximum absolute atomic E-state index is 2.38. The standard InChI is InChI=1S/C24H21N/c1-19-17-25(18-20-11-5-2-6-12-20)24(22-15-9-4-10-16-22)23(19)21-13-7-3-8-14-21/h2-17H,18H2,1H3. The van der Waals surface area contributed by atoms with E-state index in [1.165, 1.54) is 33.5 Å². The summed E-state index contributed by atoms with van der Waals surface area (Å²) in [5.41, 5.74) is 7.75. The second-order valence-corrected chi connectivity index (χ2v) is 6.38. The van der Waals surface area contributed by atoms with Crippen LogP contribution >= 0.6 is 0 Å². The van der Waals surface area contributed by atoms with Crippen LogP contribution in [0.4, 0.5) is 0 Å². The van der Waals surface area contributed by atoms with Crippen molar-refractivity contribution in [3.8, 4) is 22.4 Å². The maximum atomic E-state index is 2.38. The molecule has 1 nitrogen and oxygen atoms in total. The van der Waals surface area contributed by atoms with E-state index < -0.39 is 0 Å². The molecule has 0 aliphatic heterocycles. The lowest BCUT2D eigenvalue weighted by atomic mass is 9.98. The Hall–Kier alpha value is -3.06. The Kier molecular flexibility index (Phi) is 4.22. The number of nitrogens with zero attached hydrogens (tertiary/aromatic N) is 1. The van der Waals surface area contributed by atoms with Crippen molar-refractivity contribution in [1.82, 2.24) is 4.57 Å². The Bertz CT molecular complexity index is 951. The van der Waals surface area contributed by atoms with Gasteiger partial charge in [0, 0.05) is 18.3 Å². The van der Waals surface area contributed by atoms with E-state index >= 15 is 0 Å². The Labute approximate surface area is 149 Å². The summed E-state index contributed by atoms with van der Waals surface area (Å²) in [4.78, 5) is 0. The molecule has 0 amide bonds. The highest BCUT2D eigenvalue weighted by atomic mass is 15.0. The van der Waals surface area contributed by atoms with Gasteiger partial charge in [-0.1, -0.05) is 91.0 Å². The third kappa shape index (κ3) is 3.14. The molecule has 0 unspecified atom stereocenters. The quantitative estimate of drug-likeness (QED) is 0.422. The zero-order valence-electron chi connectivity index (χ0n) is 14.4. The van der Waals surface area contributed by atoms with Gasteiger partial charge in [0.2, 0.25) is 0 Å². The molecule has 0 saturated heterocycles. The van der Waals surface area contributed by atoms with Crippen molar-refractivity contribution < 1.29 is 0 Å². The van der Waals surface area contributed by atoms with E-state index in [-0.39, 0.29) is 0 Å². The van der Waals surface area contributed by atoms with Crippen molar-refractivity contribution in [3.63, 3.8) is 0 Å². The van der Waals surface area contributed by atoms with Gasteiger partial charge in [0.25, 0.3) is 0 Å². The second kappa shape index (κ2) is 6.82. The molecule has 0 aliphatic carbocycles. The summed E-state index contributed by atoms with van der Waals surface area (Å²) >= 11 is 0. The molecular formula is C24H21N. The molecule has 0 spiro atoms. The molecule has 0 radical (unpaired) electrons. The fourth-order valence-electron chi connectivity index (χ4n) is 3.47. The van der Waals surface area contributed by atoms with Crippen LogP contribution in [0.2, 0.25) is 0 Å². The maximum Gasteiger partial charge on any atom is 0.0565 e. The average Bonchev–Trinajstić information content (AvgIpc) is 2.99. The van der Waals surface area contributed by atoms with Gasteiger partial charge in [0.1, 0.15) is 0 Å². The number of benzene rings is 3. The third-order valence-electron chi connectivity index (χ3n) is 4.57. The first-order chi connectivity index (χ1) is 12.3. The van der Waals surface area contributed by atoms with Gasteiger partial charge < -0.3 is 4.57 Å². The van der Waals surface area contributed by atoms with Crippen LogP contribution in [-0.4, -0.2) is 4.57 Å². The summed E-state index contributed by atoms with van der Waals surface area (Å²) in [6.45, 7) is 3.08. The number of hydrogen-bond acceptors (Lipinski definition) is 0. The molecule has 0 N–H and O–H groups in total. The first kappa shape index (κ1) is 15.5. The van der Waals surface area contributed by atoms with Crippen molar-refractivity contribution in [3.05, 3.63) is 108 Å². The first-order valence-corrected chi connectivity index (χ1v) is 8.67. The normalized spacial score (nSPS) is 10.8. The van der Waals surface area contributed by atoms with E-state index in [2.05, 4.69) is 109 Å². The topological polar surface area (TPSA) is 4.93 Å². The minimum atomic E-state index is 0.874. The van der Waals surface area contributed by atoms with Gasteiger partial charge in [0.15, 0.2) is 0 Å². The number of aryl methyl sites for hydroxylation is 1. The molecule has 122 valence electrons. The van der Waals surface area contributed by atoms with Crippen LogP contribution < -0.4 is 0 Å². The van der Waals surface area contributed by atoms with Crippen LogP contribution in [0.1, 0.15) is 11.1 Å². The predicted molar refractivity (Wildman–Crippen MR) is 106 cm³/mol. The largest absolute Gasteiger partial charge is 0.342 e. The highest BCUT2D eigenvalue weighted by Gasteiger charge is 2.16. The minimum Gasteiger partial charge on any atom is -0.342 e. The molecule has 1 aromatic heterocycles. The van der Waals surface area contributed by atoms with Crippen LogP contribution in [0.15, 0.2) is 97.2 Å². The van der Waals surface area contributed by atoms with Crippen LogP contribution in [0.25, 0.3) is 22.4 Å². The van der Waals surface area contributed by atoms with Crippen LogP contribution in [0.5, 0.6) is 0 Å². The Balaban J connectivity index is 1.90. The molecule has 1 heterocycles. The summed E-state index contributed by atoms with van der Waals surface area (Å²) in [6.07, 6.45) is 2.28. The fourth-order valence-corrected chi connectivity index (χ4v) is 3.47. The van der Waals surface area contributed by atoms with E-state index in [9.17, 15) is 0 Å². The lowest BCUT2D eigenvalue weighted by Gasteiger charge is -2.13. The highest BCUT2D eigenvalue weighted by Crippen LogP contribution is 2.36. The van der Waals surface area contributed by atoms with E-state index in [4.69, 9.17) is 0 Å². The minimum absolute atomic E-state index is 0.874. The Morgan fingerprint density at radius 1 is 0.640 bits per heavy atom. The SMILES string of the molecule is Cc1cn(Cc2ccccc2)c(-c2ccccc2)c1-c1ccccc1. The molecule has 0 bridgehead atoms. The highest BCUT2D eigenvalue weighted by molar-refractivity contribution is 5.84. The van der Waals surface area contributed by atoms with Crippen molar-refractivity contribution in [2.75, 3.05) is 0 Å². The molecule has 0 atom stereocenters. The predicted octanol–water partition coefficient (Wildman–Crippen LogP) is 6.18. The van der Waals surface area contributed by atoms with Gasteiger partial charge >= 0.3 is 0 Å². The number of hydrogen-bond donors (Lipinski definition) is 0.